The quantitative estimate of drug-likeness (QED) is 0.813. The van der Waals surface area contributed by atoms with Gasteiger partial charge in [0.25, 0.3) is 0 Å². The number of hydrogen-bond acceptors (Lipinski definition) is 4. The molecule has 2 atom stereocenters. The van der Waals surface area contributed by atoms with Crippen molar-refractivity contribution in [2.24, 2.45) is 5.41 Å². The average Bonchev–Trinajstić information content (AvgIpc) is 2.46. The second kappa shape index (κ2) is 6.59. The lowest BCUT2D eigenvalue weighted by molar-refractivity contribution is -0.145. The first-order valence-corrected chi connectivity index (χ1v) is 8.47. The van der Waals surface area contributed by atoms with Crippen molar-refractivity contribution in [3.63, 3.8) is 0 Å². The van der Waals surface area contributed by atoms with Gasteiger partial charge in [-0.05, 0) is 32.1 Å². The summed E-state index contributed by atoms with van der Waals surface area (Å²) in [6.07, 6.45) is -4.44. The molecule has 1 aromatic rings. The van der Waals surface area contributed by atoms with Crippen LogP contribution < -0.4 is 5.32 Å². The molecule has 1 fully saturated rings. The molecular formula is C17H25F3N4O2. The fourth-order valence-corrected chi connectivity index (χ4v) is 3.54. The van der Waals surface area contributed by atoms with Crippen LogP contribution in [0.1, 0.15) is 52.1 Å². The molecule has 2 N–H and O–H groups in total. The van der Waals surface area contributed by atoms with Crippen molar-refractivity contribution >= 4 is 11.9 Å². The topological polar surface area (TPSA) is 78.4 Å². The Morgan fingerprint density at radius 2 is 1.96 bits per heavy atom. The van der Waals surface area contributed by atoms with E-state index in [-0.39, 0.29) is 17.6 Å². The molecule has 1 amide bonds. The van der Waals surface area contributed by atoms with E-state index in [1.807, 2.05) is 27.7 Å². The van der Waals surface area contributed by atoms with Crippen molar-refractivity contribution in [3.05, 3.63) is 17.6 Å². The van der Waals surface area contributed by atoms with Gasteiger partial charge in [0, 0.05) is 18.3 Å². The van der Waals surface area contributed by atoms with Gasteiger partial charge in [-0.25, -0.2) is 14.8 Å². The van der Waals surface area contributed by atoms with Gasteiger partial charge in [0.05, 0.1) is 11.6 Å². The molecule has 9 heteroatoms. The number of nitrogens with zero attached hydrogens (tertiary/aromatic N) is 3. The number of alkyl halides is 3. The Morgan fingerprint density at radius 1 is 1.35 bits per heavy atom. The molecule has 0 saturated carbocycles. The molecule has 1 saturated heterocycles. The van der Waals surface area contributed by atoms with Gasteiger partial charge in [-0.1, -0.05) is 20.8 Å². The zero-order chi connectivity index (χ0) is 19.9. The van der Waals surface area contributed by atoms with Gasteiger partial charge in [0.2, 0.25) is 5.82 Å². The van der Waals surface area contributed by atoms with Gasteiger partial charge in [-0.3, -0.25) is 0 Å². The number of anilines is 1. The number of halogens is 3. The van der Waals surface area contributed by atoms with Gasteiger partial charge in [0.1, 0.15) is 5.82 Å². The Morgan fingerprint density at radius 3 is 2.46 bits per heavy atom. The molecule has 146 valence electrons. The van der Waals surface area contributed by atoms with Crippen molar-refractivity contribution in [1.29, 1.82) is 0 Å². The minimum absolute atomic E-state index is 0.0533. The van der Waals surface area contributed by atoms with Crippen molar-refractivity contribution < 1.29 is 23.1 Å². The molecule has 26 heavy (non-hydrogen) atoms. The molecule has 0 spiro atoms. The lowest BCUT2D eigenvalue weighted by Crippen LogP contribution is -2.68. The van der Waals surface area contributed by atoms with E-state index in [1.54, 1.807) is 0 Å². The van der Waals surface area contributed by atoms with Crippen LogP contribution in [0.15, 0.2) is 6.07 Å². The van der Waals surface area contributed by atoms with E-state index in [2.05, 4.69) is 15.3 Å². The average molecular weight is 374 g/mol. The summed E-state index contributed by atoms with van der Waals surface area (Å²) in [4.78, 5) is 20.2. The Labute approximate surface area is 150 Å². The fraction of sp³-hybridized carbons (Fsp3) is 0.706. The van der Waals surface area contributed by atoms with E-state index in [9.17, 15) is 23.1 Å². The SMILES string of the molecule is Cc1cc(NC2CCCN(C(=O)O)C2(C)C(C)(C)C)nc(C(F)(F)F)n1. The second-order valence-electron chi connectivity index (χ2n) is 7.89. The Balaban J connectivity index is 2.44. The highest BCUT2D eigenvalue weighted by molar-refractivity contribution is 5.67. The zero-order valence-electron chi connectivity index (χ0n) is 15.6. The van der Waals surface area contributed by atoms with Crippen molar-refractivity contribution in [2.45, 2.75) is 65.2 Å². The van der Waals surface area contributed by atoms with Crippen LogP contribution in [0.5, 0.6) is 0 Å². The molecule has 0 radical (unpaired) electrons. The predicted molar refractivity (Wildman–Crippen MR) is 91.0 cm³/mol. The van der Waals surface area contributed by atoms with E-state index in [0.717, 1.165) is 0 Å². The van der Waals surface area contributed by atoms with Crippen LogP contribution in [0.2, 0.25) is 0 Å². The van der Waals surface area contributed by atoms with Crippen molar-refractivity contribution in [2.75, 3.05) is 11.9 Å². The number of rotatable bonds is 2. The fourth-order valence-electron chi connectivity index (χ4n) is 3.54. The molecule has 2 rings (SSSR count). The number of piperidine rings is 1. The molecule has 1 aliphatic heterocycles. The highest BCUT2D eigenvalue weighted by Crippen LogP contribution is 2.43. The monoisotopic (exact) mass is 374 g/mol. The van der Waals surface area contributed by atoms with Crippen LogP contribution in [-0.4, -0.2) is 44.2 Å². The predicted octanol–water partition coefficient (Wildman–Crippen LogP) is 4.16. The van der Waals surface area contributed by atoms with E-state index >= 15 is 0 Å². The highest BCUT2D eigenvalue weighted by atomic mass is 19.4. The third-order valence-corrected chi connectivity index (χ3v) is 5.29. The van der Waals surface area contributed by atoms with Crippen LogP contribution >= 0.6 is 0 Å². The molecule has 0 aromatic carbocycles. The zero-order valence-corrected chi connectivity index (χ0v) is 15.6. The van der Waals surface area contributed by atoms with Crippen LogP contribution in [0, 0.1) is 12.3 Å². The summed E-state index contributed by atoms with van der Waals surface area (Å²) in [5.74, 6) is -1.15. The Bertz CT molecular complexity index is 688. The van der Waals surface area contributed by atoms with Gasteiger partial charge in [-0.2, -0.15) is 13.2 Å². The van der Waals surface area contributed by atoms with Crippen LogP contribution in [-0.2, 0) is 6.18 Å². The largest absolute Gasteiger partial charge is 0.465 e. The number of likely N-dealkylation sites (tertiary alicyclic amines) is 1. The minimum Gasteiger partial charge on any atom is -0.465 e. The molecule has 1 aromatic heterocycles. The number of amides is 1. The summed E-state index contributed by atoms with van der Waals surface area (Å²) in [5.41, 5.74) is -1.08. The maximum absolute atomic E-state index is 13.0. The van der Waals surface area contributed by atoms with E-state index in [1.165, 1.54) is 17.9 Å². The Kier molecular flexibility index (Phi) is 5.13. The van der Waals surface area contributed by atoms with E-state index in [0.29, 0.717) is 19.4 Å². The standard InChI is InChI=1S/C17H25F3N4O2/c1-10-9-12(23-13(21-10)17(18,19)20)22-11-7-6-8-24(14(25)26)16(11,5)15(2,3)4/h9,11H,6-8H2,1-5H3,(H,25,26)(H,21,22,23). The summed E-state index contributed by atoms with van der Waals surface area (Å²) in [6.45, 7) is 9.46. The number of aryl methyl sites for hydroxylation is 1. The van der Waals surface area contributed by atoms with Gasteiger partial charge in [0.15, 0.2) is 0 Å². The van der Waals surface area contributed by atoms with Crippen LogP contribution in [0.4, 0.5) is 23.8 Å². The third kappa shape index (κ3) is 3.71. The van der Waals surface area contributed by atoms with Crippen LogP contribution in [0.25, 0.3) is 0 Å². The maximum atomic E-state index is 13.0. The summed E-state index contributed by atoms with van der Waals surface area (Å²) >= 11 is 0. The summed E-state index contributed by atoms with van der Waals surface area (Å²) < 4.78 is 39.0. The molecular weight excluding hydrogens is 349 g/mol. The molecule has 1 aliphatic rings. The van der Waals surface area contributed by atoms with Gasteiger partial charge < -0.3 is 15.3 Å². The normalized spacial score (nSPS) is 24.5. The van der Waals surface area contributed by atoms with Crippen molar-refractivity contribution in [1.82, 2.24) is 14.9 Å². The molecule has 0 bridgehead atoms. The van der Waals surface area contributed by atoms with Gasteiger partial charge in [-0.15, -0.1) is 0 Å². The number of aromatic nitrogens is 2. The van der Waals surface area contributed by atoms with E-state index in [4.69, 9.17) is 0 Å². The summed E-state index contributed by atoms with van der Waals surface area (Å²) in [7, 11) is 0. The first-order valence-electron chi connectivity index (χ1n) is 8.47. The molecule has 6 nitrogen and oxygen atoms in total. The lowest BCUT2D eigenvalue weighted by atomic mass is 9.66. The molecule has 2 heterocycles. The van der Waals surface area contributed by atoms with E-state index < -0.39 is 29.0 Å². The number of hydrogen-bond donors (Lipinski definition) is 2. The first kappa shape index (κ1) is 20.3. The summed E-state index contributed by atoms with van der Waals surface area (Å²) in [5, 5.41) is 12.7. The Hall–Kier alpha value is -2.06. The lowest BCUT2D eigenvalue weighted by Gasteiger charge is -2.56. The van der Waals surface area contributed by atoms with Crippen LogP contribution in [0.3, 0.4) is 0 Å². The van der Waals surface area contributed by atoms with Crippen molar-refractivity contribution in [3.8, 4) is 0 Å². The smallest absolute Gasteiger partial charge is 0.451 e. The highest BCUT2D eigenvalue weighted by Gasteiger charge is 2.52. The molecule has 2 unspecified atom stereocenters. The number of nitrogens with one attached hydrogen (secondary N) is 1. The number of carbonyl (C=O) groups is 1. The number of carboxylic acid groups (broad SMARTS) is 1. The first-order chi connectivity index (χ1) is 11.8. The third-order valence-electron chi connectivity index (χ3n) is 5.29. The maximum Gasteiger partial charge on any atom is 0.451 e. The van der Waals surface area contributed by atoms with Gasteiger partial charge >= 0.3 is 12.3 Å². The second-order valence-corrected chi connectivity index (χ2v) is 7.89. The minimum atomic E-state index is -4.64. The summed E-state index contributed by atoms with van der Waals surface area (Å²) in [6, 6.07) is 1.06. The molecule has 0 aliphatic carbocycles.